The van der Waals surface area contributed by atoms with Crippen molar-refractivity contribution in [1.29, 1.82) is 15.8 Å². The Morgan fingerprint density at radius 3 is 2.41 bits per heavy atom. The van der Waals surface area contributed by atoms with Crippen molar-refractivity contribution in [2.24, 2.45) is 0 Å². The lowest BCUT2D eigenvalue weighted by Gasteiger charge is -2.29. The molecule has 0 radical (unpaired) electrons. The molecule has 0 aliphatic carbocycles. The zero-order chi connectivity index (χ0) is 15.9. The van der Waals surface area contributed by atoms with Gasteiger partial charge in [-0.05, 0) is 18.2 Å². The summed E-state index contributed by atoms with van der Waals surface area (Å²) in [7, 11) is 0. The summed E-state index contributed by atoms with van der Waals surface area (Å²) in [4.78, 5) is 2.14. The van der Waals surface area contributed by atoms with Gasteiger partial charge >= 0.3 is 0 Å². The molecule has 1 aromatic carbocycles. The van der Waals surface area contributed by atoms with Gasteiger partial charge in [-0.2, -0.15) is 15.8 Å². The van der Waals surface area contributed by atoms with E-state index in [9.17, 15) is 0 Å². The summed E-state index contributed by atoms with van der Waals surface area (Å²) in [5.74, 6) is 0. The Morgan fingerprint density at radius 2 is 1.82 bits per heavy atom. The number of morpholine rings is 1. The standard InChI is InChI=1S/C15H12ClN5O/c16-13-2-1-12(21-3-5-22-6-4-21)7-14(13)20-15(10-19)11(8-17)9-18/h1-2,7,20H,3-6H2. The number of nitriles is 3. The average molecular weight is 314 g/mol. The highest BCUT2D eigenvalue weighted by Gasteiger charge is 2.14. The highest BCUT2D eigenvalue weighted by atomic mass is 35.5. The lowest BCUT2D eigenvalue weighted by molar-refractivity contribution is 0.122. The summed E-state index contributed by atoms with van der Waals surface area (Å²) in [6.45, 7) is 2.84. The smallest absolute Gasteiger partial charge is 0.163 e. The molecule has 22 heavy (non-hydrogen) atoms. The van der Waals surface area contributed by atoms with E-state index >= 15 is 0 Å². The van der Waals surface area contributed by atoms with Gasteiger partial charge in [-0.15, -0.1) is 0 Å². The molecule has 2 rings (SSSR count). The molecule has 1 heterocycles. The van der Waals surface area contributed by atoms with Crippen LogP contribution in [0.25, 0.3) is 0 Å². The Labute approximate surface area is 133 Å². The van der Waals surface area contributed by atoms with Crippen molar-refractivity contribution in [1.82, 2.24) is 0 Å². The molecule has 0 aromatic heterocycles. The second kappa shape index (κ2) is 7.33. The molecule has 0 spiro atoms. The van der Waals surface area contributed by atoms with Gasteiger partial charge in [0.25, 0.3) is 0 Å². The molecule has 1 aromatic rings. The lowest BCUT2D eigenvalue weighted by atomic mass is 10.2. The fourth-order valence-corrected chi connectivity index (χ4v) is 2.21. The highest BCUT2D eigenvalue weighted by Crippen LogP contribution is 2.29. The zero-order valence-electron chi connectivity index (χ0n) is 11.6. The maximum atomic E-state index is 9.09. The lowest BCUT2D eigenvalue weighted by Crippen LogP contribution is -2.36. The van der Waals surface area contributed by atoms with E-state index in [1.165, 1.54) is 0 Å². The molecule has 1 aliphatic heterocycles. The number of nitrogens with zero attached hydrogens (tertiary/aromatic N) is 4. The molecule has 6 nitrogen and oxygen atoms in total. The number of rotatable bonds is 3. The van der Waals surface area contributed by atoms with Crippen LogP contribution in [0.5, 0.6) is 0 Å². The Hall–Kier alpha value is -2.72. The van der Waals surface area contributed by atoms with Gasteiger partial charge in [-0.3, -0.25) is 0 Å². The third kappa shape index (κ3) is 3.48. The molecule has 0 amide bonds. The number of nitrogens with one attached hydrogen (secondary N) is 1. The molecule has 1 N–H and O–H groups in total. The fraction of sp³-hybridized carbons (Fsp3) is 0.267. The van der Waals surface area contributed by atoms with Gasteiger partial charge in [0.15, 0.2) is 5.57 Å². The summed E-state index contributed by atoms with van der Waals surface area (Å²) in [5.41, 5.74) is 1.01. The second-order valence-electron chi connectivity index (χ2n) is 4.47. The summed E-state index contributed by atoms with van der Waals surface area (Å²) in [6, 6.07) is 10.6. The number of halogens is 1. The van der Waals surface area contributed by atoms with E-state index in [0.717, 1.165) is 18.8 Å². The monoisotopic (exact) mass is 313 g/mol. The number of ether oxygens (including phenoxy) is 1. The Balaban J connectivity index is 2.32. The Bertz CT molecular complexity index is 701. The van der Waals surface area contributed by atoms with Crippen LogP contribution in [0.1, 0.15) is 0 Å². The topological polar surface area (TPSA) is 95.9 Å². The molecule has 0 atom stereocenters. The van der Waals surface area contributed by atoms with Crippen molar-refractivity contribution in [3.8, 4) is 18.2 Å². The molecule has 0 bridgehead atoms. The van der Waals surface area contributed by atoms with Gasteiger partial charge in [-0.25, -0.2) is 0 Å². The van der Waals surface area contributed by atoms with E-state index in [1.54, 1.807) is 24.3 Å². The second-order valence-corrected chi connectivity index (χ2v) is 4.88. The van der Waals surface area contributed by atoms with Crippen LogP contribution in [0.2, 0.25) is 5.02 Å². The third-order valence-corrected chi connectivity index (χ3v) is 3.50. The van der Waals surface area contributed by atoms with E-state index in [4.69, 9.17) is 32.1 Å². The van der Waals surface area contributed by atoms with Gasteiger partial charge in [0.1, 0.15) is 23.9 Å². The van der Waals surface area contributed by atoms with Gasteiger partial charge in [0.05, 0.1) is 23.9 Å². The van der Waals surface area contributed by atoms with Crippen LogP contribution in [0.4, 0.5) is 11.4 Å². The minimum Gasteiger partial charge on any atom is -0.378 e. The Kier molecular flexibility index (Phi) is 5.22. The van der Waals surface area contributed by atoms with Gasteiger partial charge in [0, 0.05) is 18.8 Å². The SMILES string of the molecule is N#CC(C#N)=C(C#N)Nc1cc(N2CCOCC2)ccc1Cl. The summed E-state index contributed by atoms with van der Waals surface area (Å²) in [5, 5.41) is 30.0. The van der Waals surface area contributed by atoms with E-state index in [2.05, 4.69) is 10.2 Å². The normalized spacial score (nSPS) is 13.5. The number of hydrogen-bond acceptors (Lipinski definition) is 6. The number of anilines is 2. The average Bonchev–Trinajstić information content (AvgIpc) is 2.57. The first kappa shape index (κ1) is 15.7. The van der Waals surface area contributed by atoms with E-state index < -0.39 is 0 Å². The van der Waals surface area contributed by atoms with Crippen molar-refractivity contribution in [3.63, 3.8) is 0 Å². The maximum absolute atomic E-state index is 9.09. The quantitative estimate of drug-likeness (QED) is 0.861. The molecule has 1 saturated heterocycles. The first-order chi connectivity index (χ1) is 10.7. The van der Waals surface area contributed by atoms with Crippen LogP contribution in [-0.4, -0.2) is 26.3 Å². The summed E-state index contributed by atoms with van der Waals surface area (Å²) in [6.07, 6.45) is 0. The van der Waals surface area contributed by atoms with Crippen molar-refractivity contribution >= 4 is 23.0 Å². The molecule has 1 fully saturated rings. The molecular formula is C15H12ClN5O. The van der Waals surface area contributed by atoms with Crippen molar-refractivity contribution in [2.75, 3.05) is 36.5 Å². The predicted octanol–water partition coefficient (Wildman–Crippen LogP) is 2.41. The molecular weight excluding hydrogens is 302 g/mol. The number of benzene rings is 1. The van der Waals surface area contributed by atoms with Crippen LogP contribution in [0, 0.1) is 34.0 Å². The van der Waals surface area contributed by atoms with E-state index in [1.807, 2.05) is 12.1 Å². The number of hydrogen-bond donors (Lipinski definition) is 1. The number of allylic oxidation sites excluding steroid dienone is 2. The molecule has 0 saturated carbocycles. The van der Waals surface area contributed by atoms with Crippen LogP contribution < -0.4 is 10.2 Å². The van der Waals surface area contributed by atoms with Gasteiger partial charge in [0.2, 0.25) is 0 Å². The molecule has 0 unspecified atom stereocenters. The Morgan fingerprint density at radius 1 is 1.14 bits per heavy atom. The summed E-state index contributed by atoms with van der Waals surface area (Å²) >= 11 is 6.12. The maximum Gasteiger partial charge on any atom is 0.163 e. The minimum atomic E-state index is -0.282. The molecule has 1 aliphatic rings. The first-order valence-corrected chi connectivity index (χ1v) is 6.91. The van der Waals surface area contributed by atoms with E-state index in [0.29, 0.717) is 23.9 Å². The third-order valence-electron chi connectivity index (χ3n) is 3.17. The zero-order valence-corrected chi connectivity index (χ0v) is 12.4. The van der Waals surface area contributed by atoms with Crippen molar-refractivity contribution in [3.05, 3.63) is 34.5 Å². The van der Waals surface area contributed by atoms with E-state index in [-0.39, 0.29) is 11.3 Å². The van der Waals surface area contributed by atoms with Crippen LogP contribution in [0.15, 0.2) is 29.5 Å². The molecule has 110 valence electrons. The van der Waals surface area contributed by atoms with Crippen molar-refractivity contribution < 1.29 is 4.74 Å². The van der Waals surface area contributed by atoms with Crippen LogP contribution in [0.3, 0.4) is 0 Å². The van der Waals surface area contributed by atoms with Gasteiger partial charge in [-0.1, -0.05) is 11.6 Å². The first-order valence-electron chi connectivity index (χ1n) is 6.53. The van der Waals surface area contributed by atoms with Crippen LogP contribution in [-0.2, 0) is 4.74 Å². The summed E-state index contributed by atoms with van der Waals surface area (Å²) < 4.78 is 5.31. The van der Waals surface area contributed by atoms with Crippen molar-refractivity contribution in [2.45, 2.75) is 0 Å². The molecule has 7 heteroatoms. The minimum absolute atomic E-state index is 0.119. The van der Waals surface area contributed by atoms with Gasteiger partial charge < -0.3 is 15.0 Å². The largest absolute Gasteiger partial charge is 0.378 e. The fourth-order valence-electron chi connectivity index (χ4n) is 2.05. The predicted molar refractivity (Wildman–Crippen MR) is 82.0 cm³/mol. The highest BCUT2D eigenvalue weighted by molar-refractivity contribution is 6.33. The van der Waals surface area contributed by atoms with Crippen LogP contribution >= 0.6 is 11.6 Å².